The number of likely N-dealkylation sites (tertiary alicyclic amines) is 1. The van der Waals surface area contributed by atoms with Crippen LogP contribution < -0.4 is 10.6 Å². The maximum Gasteiger partial charge on any atom is 0.318 e. The highest BCUT2D eigenvalue weighted by molar-refractivity contribution is 5.76. The van der Waals surface area contributed by atoms with Crippen LogP contribution in [0.3, 0.4) is 0 Å². The van der Waals surface area contributed by atoms with Gasteiger partial charge in [0.15, 0.2) is 0 Å². The van der Waals surface area contributed by atoms with Gasteiger partial charge in [0.2, 0.25) is 0 Å². The SMILES string of the molecule is CNC(=O)N1CC(CO)CC(N(C(=O)NCc2ccc(C3CC3)cc2F)C2CC2)C1. The Morgan fingerprint density at radius 3 is 2.57 bits per heavy atom. The molecule has 0 radical (unpaired) electrons. The van der Waals surface area contributed by atoms with E-state index in [0.717, 1.165) is 31.2 Å². The standard InChI is InChI=1S/C22H31FN4O3/c1-24-21(29)26-11-14(13-28)8-19(12-26)27(18-6-7-18)22(30)25-10-17-5-4-16(9-20(17)23)15-2-3-15/h4-5,9,14-15,18-19,28H,2-3,6-8,10-13H2,1H3,(H,24,29)(H,25,30). The van der Waals surface area contributed by atoms with Gasteiger partial charge in [-0.25, -0.2) is 14.0 Å². The third-order valence-electron chi connectivity index (χ3n) is 6.40. The molecular weight excluding hydrogens is 387 g/mol. The van der Waals surface area contributed by atoms with Crippen LogP contribution in [0.4, 0.5) is 14.0 Å². The van der Waals surface area contributed by atoms with Gasteiger partial charge in [-0.1, -0.05) is 12.1 Å². The van der Waals surface area contributed by atoms with E-state index in [1.807, 2.05) is 11.0 Å². The Morgan fingerprint density at radius 2 is 1.97 bits per heavy atom. The molecule has 1 saturated heterocycles. The van der Waals surface area contributed by atoms with Crippen molar-refractivity contribution in [3.05, 3.63) is 35.1 Å². The fraction of sp³-hybridized carbons (Fsp3) is 0.636. The number of hydrogen-bond acceptors (Lipinski definition) is 3. The molecule has 30 heavy (non-hydrogen) atoms. The Balaban J connectivity index is 1.42. The second-order valence-electron chi connectivity index (χ2n) is 8.82. The molecule has 2 unspecified atom stereocenters. The Morgan fingerprint density at radius 1 is 1.20 bits per heavy atom. The lowest BCUT2D eigenvalue weighted by molar-refractivity contribution is 0.0690. The summed E-state index contributed by atoms with van der Waals surface area (Å²) in [7, 11) is 1.58. The molecule has 3 N–H and O–H groups in total. The number of amides is 4. The van der Waals surface area contributed by atoms with E-state index in [1.54, 1.807) is 24.1 Å². The molecule has 1 aromatic carbocycles. The lowest BCUT2D eigenvalue weighted by Gasteiger charge is -2.42. The quantitative estimate of drug-likeness (QED) is 0.663. The predicted octanol–water partition coefficient (Wildman–Crippen LogP) is 2.40. The third kappa shape index (κ3) is 4.69. The zero-order valence-corrected chi connectivity index (χ0v) is 17.4. The van der Waals surface area contributed by atoms with Gasteiger partial charge in [0, 0.05) is 50.8 Å². The van der Waals surface area contributed by atoms with Crippen molar-refractivity contribution in [3.63, 3.8) is 0 Å². The first-order valence-corrected chi connectivity index (χ1v) is 10.9. The van der Waals surface area contributed by atoms with E-state index in [9.17, 15) is 19.1 Å². The number of aliphatic hydroxyl groups excluding tert-OH is 1. The number of nitrogens with one attached hydrogen (secondary N) is 2. The third-order valence-corrected chi connectivity index (χ3v) is 6.40. The number of piperidine rings is 1. The van der Waals surface area contributed by atoms with Crippen LogP contribution in [-0.2, 0) is 6.54 Å². The summed E-state index contributed by atoms with van der Waals surface area (Å²) in [5.74, 6) is 0.145. The largest absolute Gasteiger partial charge is 0.396 e. The van der Waals surface area contributed by atoms with E-state index in [4.69, 9.17) is 0 Å². The molecule has 2 aliphatic carbocycles. The van der Waals surface area contributed by atoms with Gasteiger partial charge >= 0.3 is 12.1 Å². The number of nitrogens with zero attached hydrogens (tertiary/aromatic N) is 2. The monoisotopic (exact) mass is 418 g/mol. The van der Waals surface area contributed by atoms with Crippen LogP contribution in [0, 0.1) is 11.7 Å². The van der Waals surface area contributed by atoms with Crippen molar-refractivity contribution in [2.45, 2.75) is 56.7 Å². The molecule has 8 heteroatoms. The van der Waals surface area contributed by atoms with E-state index >= 15 is 0 Å². The average Bonchev–Trinajstić information content (AvgIpc) is 3.65. The molecule has 2 atom stereocenters. The summed E-state index contributed by atoms with van der Waals surface area (Å²) in [5, 5.41) is 15.2. The number of halogens is 1. The summed E-state index contributed by atoms with van der Waals surface area (Å²) in [6.07, 6.45) is 4.75. The fourth-order valence-electron chi connectivity index (χ4n) is 4.45. The van der Waals surface area contributed by atoms with Crippen LogP contribution in [0.15, 0.2) is 18.2 Å². The number of aliphatic hydroxyl groups is 1. The van der Waals surface area contributed by atoms with Gasteiger partial charge in [-0.15, -0.1) is 0 Å². The first kappa shape index (κ1) is 20.9. The number of carbonyl (C=O) groups is 2. The van der Waals surface area contributed by atoms with Crippen molar-refractivity contribution < 1.29 is 19.1 Å². The van der Waals surface area contributed by atoms with E-state index < -0.39 is 0 Å². The summed E-state index contributed by atoms with van der Waals surface area (Å²) in [5.41, 5.74) is 1.51. The van der Waals surface area contributed by atoms with Crippen molar-refractivity contribution in [1.82, 2.24) is 20.4 Å². The second-order valence-corrected chi connectivity index (χ2v) is 8.82. The van der Waals surface area contributed by atoms with Crippen molar-refractivity contribution >= 4 is 12.1 Å². The summed E-state index contributed by atoms with van der Waals surface area (Å²) < 4.78 is 14.4. The molecule has 3 fully saturated rings. The summed E-state index contributed by atoms with van der Waals surface area (Å²) in [6.45, 7) is 1.02. The number of urea groups is 2. The van der Waals surface area contributed by atoms with Crippen molar-refractivity contribution in [1.29, 1.82) is 0 Å². The highest BCUT2D eigenvalue weighted by Crippen LogP contribution is 2.40. The number of rotatable bonds is 6. The highest BCUT2D eigenvalue weighted by Gasteiger charge is 2.41. The molecule has 1 heterocycles. The molecule has 3 aliphatic rings. The second kappa shape index (κ2) is 8.79. The summed E-state index contributed by atoms with van der Waals surface area (Å²) >= 11 is 0. The van der Waals surface area contributed by atoms with Crippen LogP contribution in [0.1, 0.15) is 49.1 Å². The zero-order chi connectivity index (χ0) is 21.3. The Hall–Kier alpha value is -2.35. The Labute approximate surface area is 176 Å². The van der Waals surface area contributed by atoms with Gasteiger partial charge in [-0.3, -0.25) is 0 Å². The Kier molecular flexibility index (Phi) is 6.13. The normalized spacial score (nSPS) is 23.8. The minimum absolute atomic E-state index is 0.0251. The van der Waals surface area contributed by atoms with Gasteiger partial charge in [0.1, 0.15) is 5.82 Å². The van der Waals surface area contributed by atoms with Crippen LogP contribution in [0.25, 0.3) is 0 Å². The molecule has 7 nitrogen and oxygen atoms in total. The van der Waals surface area contributed by atoms with Crippen LogP contribution >= 0.6 is 0 Å². The van der Waals surface area contributed by atoms with Gasteiger partial charge < -0.3 is 25.5 Å². The average molecular weight is 419 g/mol. The van der Waals surface area contributed by atoms with Gasteiger partial charge in [-0.05, 0) is 49.7 Å². The van der Waals surface area contributed by atoms with E-state index in [-0.39, 0.29) is 49.0 Å². The van der Waals surface area contributed by atoms with Crippen LogP contribution in [0.5, 0.6) is 0 Å². The maximum atomic E-state index is 14.4. The van der Waals surface area contributed by atoms with Crippen molar-refractivity contribution in [2.24, 2.45) is 5.92 Å². The molecule has 1 aliphatic heterocycles. The Bertz CT molecular complexity index is 797. The minimum atomic E-state index is -0.276. The highest BCUT2D eigenvalue weighted by atomic mass is 19.1. The number of hydrogen-bond donors (Lipinski definition) is 3. The summed E-state index contributed by atoms with van der Waals surface area (Å²) in [4.78, 5) is 28.7. The molecule has 2 saturated carbocycles. The molecule has 4 amide bonds. The first-order chi connectivity index (χ1) is 14.5. The van der Waals surface area contributed by atoms with Gasteiger partial charge in [0.05, 0.1) is 6.04 Å². The van der Waals surface area contributed by atoms with E-state index in [2.05, 4.69) is 10.6 Å². The van der Waals surface area contributed by atoms with Crippen molar-refractivity contribution in [3.8, 4) is 0 Å². The molecule has 0 aromatic heterocycles. The topological polar surface area (TPSA) is 84.9 Å². The molecule has 0 bridgehead atoms. The number of carbonyl (C=O) groups excluding carboxylic acids is 2. The van der Waals surface area contributed by atoms with Crippen molar-refractivity contribution in [2.75, 3.05) is 26.7 Å². The van der Waals surface area contributed by atoms with Gasteiger partial charge in [-0.2, -0.15) is 0 Å². The van der Waals surface area contributed by atoms with E-state index in [1.165, 1.54) is 0 Å². The number of benzene rings is 1. The van der Waals surface area contributed by atoms with Crippen LogP contribution in [-0.4, -0.2) is 65.8 Å². The lowest BCUT2D eigenvalue weighted by Crippen LogP contribution is -2.58. The van der Waals surface area contributed by atoms with E-state index in [0.29, 0.717) is 31.0 Å². The zero-order valence-electron chi connectivity index (χ0n) is 17.4. The molecule has 4 rings (SSSR count). The van der Waals surface area contributed by atoms with Gasteiger partial charge in [0.25, 0.3) is 0 Å². The predicted molar refractivity (Wildman–Crippen MR) is 110 cm³/mol. The van der Waals surface area contributed by atoms with Crippen LogP contribution in [0.2, 0.25) is 0 Å². The summed E-state index contributed by atoms with van der Waals surface area (Å²) in [6, 6.07) is 4.85. The molecular formula is C22H31FN4O3. The molecule has 0 spiro atoms. The minimum Gasteiger partial charge on any atom is -0.396 e. The smallest absolute Gasteiger partial charge is 0.318 e. The molecule has 1 aromatic rings. The lowest BCUT2D eigenvalue weighted by atomic mass is 9.94. The maximum absolute atomic E-state index is 14.4. The fourth-order valence-corrected chi connectivity index (χ4v) is 4.45. The molecule has 164 valence electrons. The first-order valence-electron chi connectivity index (χ1n) is 10.9.